The molecule has 96 valence electrons. The molecule has 0 aliphatic rings. The number of aliphatic hydroxyl groups excluding tert-OH is 1. The second-order valence-corrected chi connectivity index (χ2v) is 4.64. The lowest BCUT2D eigenvalue weighted by Crippen LogP contribution is -2.30. The number of halogens is 2. The van der Waals surface area contributed by atoms with Crippen molar-refractivity contribution < 1.29 is 14.2 Å². The Bertz CT molecular complexity index is 349. The number of rotatable bonds is 7. The molecular weight excluding hydrogens is 289 g/mol. The van der Waals surface area contributed by atoms with Gasteiger partial charge in [0, 0.05) is 31.1 Å². The summed E-state index contributed by atoms with van der Waals surface area (Å²) in [6, 6.07) is 4.48. The maximum absolute atomic E-state index is 12.9. The number of methoxy groups -OCH3 is 1. The summed E-state index contributed by atoms with van der Waals surface area (Å²) in [7, 11) is 1.63. The highest BCUT2D eigenvalue weighted by Crippen LogP contribution is 2.19. The molecule has 1 unspecified atom stereocenters. The van der Waals surface area contributed by atoms with Gasteiger partial charge in [0.2, 0.25) is 0 Å². The van der Waals surface area contributed by atoms with Crippen molar-refractivity contribution in [2.24, 2.45) is 0 Å². The van der Waals surface area contributed by atoms with Gasteiger partial charge in [-0.2, -0.15) is 0 Å². The monoisotopic (exact) mass is 305 g/mol. The molecule has 5 heteroatoms. The van der Waals surface area contributed by atoms with Gasteiger partial charge in [-0.15, -0.1) is 0 Å². The molecule has 0 bridgehead atoms. The summed E-state index contributed by atoms with van der Waals surface area (Å²) in [5.74, 6) is -0.284. The van der Waals surface area contributed by atoms with Crippen LogP contribution in [0, 0.1) is 5.82 Å². The number of hydrogen-bond acceptors (Lipinski definition) is 3. The fraction of sp³-hybridized carbons (Fsp3) is 0.500. The van der Waals surface area contributed by atoms with E-state index in [4.69, 9.17) is 4.74 Å². The Hall–Kier alpha value is -0.490. The summed E-state index contributed by atoms with van der Waals surface area (Å²) in [6.07, 6.45) is -0.00507. The van der Waals surface area contributed by atoms with E-state index in [0.29, 0.717) is 30.6 Å². The highest BCUT2D eigenvalue weighted by atomic mass is 79.9. The fourth-order valence-electron chi connectivity index (χ4n) is 1.46. The summed E-state index contributed by atoms with van der Waals surface area (Å²) in [5.41, 5.74) is 0.896. The van der Waals surface area contributed by atoms with Gasteiger partial charge in [-0.05, 0) is 17.7 Å². The van der Waals surface area contributed by atoms with E-state index >= 15 is 0 Å². The van der Waals surface area contributed by atoms with E-state index in [1.54, 1.807) is 13.2 Å². The van der Waals surface area contributed by atoms with E-state index in [0.717, 1.165) is 5.56 Å². The molecule has 0 spiro atoms. The van der Waals surface area contributed by atoms with Crippen LogP contribution in [0.3, 0.4) is 0 Å². The van der Waals surface area contributed by atoms with E-state index in [2.05, 4.69) is 21.2 Å². The van der Waals surface area contributed by atoms with Gasteiger partial charge >= 0.3 is 0 Å². The first-order valence-electron chi connectivity index (χ1n) is 5.45. The molecule has 0 radical (unpaired) electrons. The number of ether oxygens (including phenoxy) is 1. The second-order valence-electron chi connectivity index (χ2n) is 3.79. The van der Waals surface area contributed by atoms with Crippen molar-refractivity contribution in [1.29, 1.82) is 0 Å². The lowest BCUT2D eigenvalue weighted by molar-refractivity contribution is 0.160. The van der Waals surface area contributed by atoms with E-state index in [9.17, 15) is 9.50 Å². The maximum atomic E-state index is 12.9. The highest BCUT2D eigenvalue weighted by molar-refractivity contribution is 9.10. The zero-order chi connectivity index (χ0) is 12.7. The normalized spacial score (nSPS) is 12.7. The fourth-order valence-corrected chi connectivity index (χ4v) is 1.97. The van der Waals surface area contributed by atoms with Crippen molar-refractivity contribution in [1.82, 2.24) is 5.32 Å². The first-order chi connectivity index (χ1) is 8.13. The Morgan fingerprint density at radius 1 is 1.53 bits per heavy atom. The Morgan fingerprint density at radius 3 is 2.94 bits per heavy atom. The molecule has 0 aliphatic heterocycles. The molecule has 1 rings (SSSR count). The van der Waals surface area contributed by atoms with Gasteiger partial charge in [-0.3, -0.25) is 0 Å². The average molecular weight is 306 g/mol. The summed E-state index contributed by atoms with van der Waals surface area (Å²) in [5, 5.41) is 12.9. The molecule has 0 saturated carbocycles. The maximum Gasteiger partial charge on any atom is 0.124 e. The molecule has 0 heterocycles. The van der Waals surface area contributed by atoms with Gasteiger partial charge < -0.3 is 15.2 Å². The largest absolute Gasteiger partial charge is 0.391 e. The minimum Gasteiger partial charge on any atom is -0.391 e. The highest BCUT2D eigenvalue weighted by Gasteiger charge is 2.08. The quantitative estimate of drug-likeness (QED) is 0.754. The van der Waals surface area contributed by atoms with Crippen molar-refractivity contribution in [2.45, 2.75) is 12.5 Å². The smallest absolute Gasteiger partial charge is 0.124 e. The van der Waals surface area contributed by atoms with E-state index in [1.165, 1.54) is 12.1 Å². The molecule has 1 atom stereocenters. The zero-order valence-corrected chi connectivity index (χ0v) is 11.3. The topological polar surface area (TPSA) is 41.5 Å². The third-order valence-corrected chi connectivity index (χ3v) is 3.07. The van der Waals surface area contributed by atoms with Gasteiger partial charge in [0.15, 0.2) is 0 Å². The number of aliphatic hydroxyl groups is 1. The van der Waals surface area contributed by atoms with Crippen LogP contribution in [0.4, 0.5) is 4.39 Å². The lowest BCUT2D eigenvalue weighted by atomic mass is 10.1. The molecule has 0 fully saturated rings. The molecular formula is C12H17BrFNO2. The van der Waals surface area contributed by atoms with E-state index in [-0.39, 0.29) is 5.82 Å². The Kier molecular flexibility index (Phi) is 6.65. The summed E-state index contributed by atoms with van der Waals surface area (Å²) >= 11 is 3.28. The number of benzene rings is 1. The molecule has 1 aromatic rings. The summed E-state index contributed by atoms with van der Waals surface area (Å²) < 4.78 is 18.4. The minimum atomic E-state index is -0.492. The predicted octanol–water partition coefficient (Wildman–Crippen LogP) is 1.73. The predicted molar refractivity (Wildman–Crippen MR) is 68.6 cm³/mol. The van der Waals surface area contributed by atoms with Crippen LogP contribution in [0.25, 0.3) is 0 Å². The molecule has 17 heavy (non-hydrogen) atoms. The minimum absolute atomic E-state index is 0.284. The van der Waals surface area contributed by atoms with Gasteiger partial charge in [-0.25, -0.2) is 4.39 Å². The molecule has 0 amide bonds. The van der Waals surface area contributed by atoms with Crippen LogP contribution in [0.15, 0.2) is 22.7 Å². The zero-order valence-electron chi connectivity index (χ0n) is 9.75. The van der Waals surface area contributed by atoms with Crippen molar-refractivity contribution in [2.75, 3.05) is 26.8 Å². The average Bonchev–Trinajstić information content (AvgIpc) is 2.28. The van der Waals surface area contributed by atoms with Gasteiger partial charge in [0.05, 0.1) is 12.7 Å². The van der Waals surface area contributed by atoms with Gasteiger partial charge in [0.1, 0.15) is 5.82 Å². The van der Waals surface area contributed by atoms with Crippen molar-refractivity contribution in [3.63, 3.8) is 0 Å². The molecule has 3 nitrogen and oxygen atoms in total. The molecule has 2 N–H and O–H groups in total. The Labute approximate surface area is 109 Å². The van der Waals surface area contributed by atoms with Crippen molar-refractivity contribution in [3.05, 3.63) is 34.1 Å². The SMILES string of the molecule is COCCNCC(O)Cc1ccc(F)cc1Br. The third-order valence-electron chi connectivity index (χ3n) is 2.33. The number of nitrogens with one attached hydrogen (secondary N) is 1. The molecule has 0 saturated heterocycles. The second kappa shape index (κ2) is 7.76. The summed E-state index contributed by atoms with van der Waals surface area (Å²) in [6.45, 7) is 1.82. The lowest BCUT2D eigenvalue weighted by Gasteiger charge is -2.12. The molecule has 0 aromatic heterocycles. The van der Waals surface area contributed by atoms with Crippen LogP contribution in [-0.4, -0.2) is 38.0 Å². The molecule has 1 aromatic carbocycles. The van der Waals surface area contributed by atoms with Crippen LogP contribution in [0.2, 0.25) is 0 Å². The first-order valence-corrected chi connectivity index (χ1v) is 6.24. The van der Waals surface area contributed by atoms with Gasteiger partial charge in [-0.1, -0.05) is 22.0 Å². The van der Waals surface area contributed by atoms with Crippen LogP contribution in [0.1, 0.15) is 5.56 Å². The number of hydrogen-bond donors (Lipinski definition) is 2. The van der Waals surface area contributed by atoms with Crippen LogP contribution < -0.4 is 5.32 Å². The van der Waals surface area contributed by atoms with Gasteiger partial charge in [0.25, 0.3) is 0 Å². The van der Waals surface area contributed by atoms with E-state index in [1.807, 2.05) is 0 Å². The van der Waals surface area contributed by atoms with Crippen LogP contribution in [0.5, 0.6) is 0 Å². The Balaban J connectivity index is 2.37. The standard InChI is InChI=1S/C12H17BrFNO2/c1-17-5-4-15-8-11(16)6-9-2-3-10(14)7-12(9)13/h2-3,7,11,15-16H,4-6,8H2,1H3. The summed E-state index contributed by atoms with van der Waals surface area (Å²) in [4.78, 5) is 0. The first kappa shape index (κ1) is 14.6. The van der Waals surface area contributed by atoms with Crippen LogP contribution >= 0.6 is 15.9 Å². The van der Waals surface area contributed by atoms with Crippen molar-refractivity contribution >= 4 is 15.9 Å². The molecule has 0 aliphatic carbocycles. The Morgan fingerprint density at radius 2 is 2.29 bits per heavy atom. The third kappa shape index (κ3) is 5.59. The van der Waals surface area contributed by atoms with E-state index < -0.39 is 6.10 Å². The van der Waals surface area contributed by atoms with Crippen molar-refractivity contribution in [3.8, 4) is 0 Å². The van der Waals surface area contributed by atoms with Crippen LogP contribution in [-0.2, 0) is 11.2 Å².